The minimum absolute atomic E-state index is 0.0600. The van der Waals surface area contributed by atoms with E-state index in [0.717, 1.165) is 43.0 Å². The minimum atomic E-state index is -1.38. The Hall–Kier alpha value is -4.93. The van der Waals surface area contributed by atoms with Crippen molar-refractivity contribution in [3.63, 3.8) is 0 Å². The zero-order chi connectivity index (χ0) is 40.3. The topological polar surface area (TPSA) is 188 Å². The van der Waals surface area contributed by atoms with E-state index in [-0.39, 0.29) is 24.9 Å². The molecule has 0 aromatic heterocycles. The Labute approximate surface area is 323 Å². The highest BCUT2D eigenvalue weighted by atomic mass is 32.2. The minimum Gasteiger partial charge on any atom is -0.463 e. The second kappa shape index (κ2) is 19.6. The lowest BCUT2D eigenvalue weighted by Gasteiger charge is -2.43. The van der Waals surface area contributed by atoms with Gasteiger partial charge < -0.3 is 43.2 Å². The quantitative estimate of drug-likeness (QED) is 0.195. The summed E-state index contributed by atoms with van der Waals surface area (Å²) in [4.78, 5) is 73.9. The fraction of sp³-hybridized carbons (Fsp3) is 0.487. The summed E-state index contributed by atoms with van der Waals surface area (Å²) in [6, 6.07) is 14.8. The van der Waals surface area contributed by atoms with Crippen molar-refractivity contribution in [2.75, 3.05) is 25.6 Å². The summed E-state index contributed by atoms with van der Waals surface area (Å²) < 4.78 is 44.3. The second-order valence-corrected chi connectivity index (χ2v) is 14.6. The number of hydrogen-bond acceptors (Lipinski definition) is 15. The van der Waals surface area contributed by atoms with Gasteiger partial charge in [0.2, 0.25) is 0 Å². The largest absolute Gasteiger partial charge is 0.463 e. The molecule has 6 atom stereocenters. The molecule has 2 aromatic carbocycles. The Bertz CT molecular complexity index is 1690. The zero-order valence-corrected chi connectivity index (χ0v) is 32.6. The number of carbonyl (C=O) groups is 6. The van der Waals surface area contributed by atoms with Crippen LogP contribution in [0.5, 0.6) is 0 Å². The van der Waals surface area contributed by atoms with Crippen LogP contribution in [0.15, 0.2) is 60.0 Å². The highest BCUT2D eigenvalue weighted by molar-refractivity contribution is 8.02. The summed E-state index contributed by atoms with van der Waals surface area (Å²) in [5.74, 6) is -3.69. The fourth-order valence-electron chi connectivity index (χ4n) is 6.06. The summed E-state index contributed by atoms with van der Waals surface area (Å²) in [5, 5.41) is 4.25. The van der Waals surface area contributed by atoms with Crippen molar-refractivity contribution >= 4 is 47.7 Å². The van der Waals surface area contributed by atoms with Crippen molar-refractivity contribution in [3.8, 4) is 11.1 Å². The van der Waals surface area contributed by atoms with E-state index in [1.54, 1.807) is 32.3 Å². The van der Waals surface area contributed by atoms with Crippen LogP contribution in [0.25, 0.3) is 11.1 Å². The van der Waals surface area contributed by atoms with Gasteiger partial charge in [-0.15, -0.1) is 11.8 Å². The summed E-state index contributed by atoms with van der Waals surface area (Å²) in [6.07, 6.45) is -5.80. The second-order valence-electron chi connectivity index (χ2n) is 13.7. The number of ether oxygens (including phenoxy) is 8. The molecule has 0 spiro atoms. The SMILES string of the molecule is CC(=O)OC[C@H]1O[C@@H](OC/C=C/SC[C@H](NC(=O)OCC2c3ccccc3-c3ccccc32)C(=O)OC(C)(C)C)[C@H](OC(C)=O)[C@@H](OC(C)=O)[C@@H]1OC(C)=O. The van der Waals surface area contributed by atoms with Gasteiger partial charge in [0.05, 0.1) is 6.61 Å². The number of fused-ring (bicyclic) bond motifs is 3. The molecular formula is C39H47NO14S. The van der Waals surface area contributed by atoms with Crippen LogP contribution in [0.1, 0.15) is 65.5 Å². The van der Waals surface area contributed by atoms with Crippen LogP contribution >= 0.6 is 11.8 Å². The maximum absolute atomic E-state index is 13.1. The lowest BCUT2D eigenvalue weighted by molar-refractivity contribution is -0.305. The van der Waals surface area contributed by atoms with E-state index < -0.39 is 84.9 Å². The highest BCUT2D eigenvalue weighted by Gasteiger charge is 2.52. The lowest BCUT2D eigenvalue weighted by Crippen LogP contribution is -2.62. The van der Waals surface area contributed by atoms with Gasteiger partial charge in [0.1, 0.15) is 31.0 Å². The summed E-state index contributed by atoms with van der Waals surface area (Å²) in [6.45, 7) is 9.21. The molecule has 298 valence electrons. The first kappa shape index (κ1) is 42.8. The third kappa shape index (κ3) is 12.6. The number of amides is 1. The van der Waals surface area contributed by atoms with E-state index in [2.05, 4.69) is 5.32 Å². The molecule has 1 N–H and O–H groups in total. The van der Waals surface area contributed by atoms with E-state index in [1.807, 2.05) is 48.5 Å². The number of rotatable bonds is 15. The molecular weight excluding hydrogens is 738 g/mol. The third-order valence-electron chi connectivity index (χ3n) is 8.09. The van der Waals surface area contributed by atoms with Crippen LogP contribution in [0.3, 0.4) is 0 Å². The van der Waals surface area contributed by atoms with Crippen LogP contribution in [0.4, 0.5) is 4.79 Å². The number of alkyl carbamates (subject to hydrolysis) is 1. The van der Waals surface area contributed by atoms with E-state index in [0.29, 0.717) is 0 Å². The smallest absolute Gasteiger partial charge is 0.407 e. The fourth-order valence-corrected chi connectivity index (χ4v) is 6.79. The molecule has 0 unspecified atom stereocenters. The maximum atomic E-state index is 13.1. The molecule has 0 radical (unpaired) electrons. The van der Waals surface area contributed by atoms with Gasteiger partial charge in [0.25, 0.3) is 0 Å². The Morgan fingerprint density at radius 1 is 0.764 bits per heavy atom. The van der Waals surface area contributed by atoms with Gasteiger partial charge >= 0.3 is 35.9 Å². The summed E-state index contributed by atoms with van der Waals surface area (Å²) in [5.41, 5.74) is 3.44. The predicted molar refractivity (Wildman–Crippen MR) is 197 cm³/mol. The van der Waals surface area contributed by atoms with Crippen molar-refractivity contribution in [1.29, 1.82) is 0 Å². The molecule has 4 rings (SSSR count). The summed E-state index contributed by atoms with van der Waals surface area (Å²) >= 11 is 1.17. The number of nitrogens with one attached hydrogen (secondary N) is 1. The van der Waals surface area contributed by atoms with Crippen LogP contribution in [0, 0.1) is 0 Å². The van der Waals surface area contributed by atoms with Crippen molar-refractivity contribution in [3.05, 3.63) is 71.1 Å². The standard InChI is InChI=1S/C39H47NO14S/c1-22(41)48-20-32-33(50-23(2)42)34(51-24(3)43)35(52-25(4)44)37(53-32)47-17-12-18-55-21-31(36(45)54-39(5,6)7)40-38(46)49-19-30-28-15-10-8-13-26(28)27-14-9-11-16-29(27)30/h8-16,18,30-35,37H,17,19-21H2,1-7H3,(H,40,46)/b18-12+/t31-,32+,33+,34-,35+,37+/m0/s1. The number of carbonyl (C=O) groups excluding carboxylic acids is 6. The Morgan fingerprint density at radius 3 is 1.89 bits per heavy atom. The van der Waals surface area contributed by atoms with Crippen LogP contribution in [-0.2, 0) is 61.9 Å². The first-order valence-corrected chi connectivity index (χ1v) is 18.6. The van der Waals surface area contributed by atoms with Gasteiger partial charge in [-0.2, -0.15) is 0 Å². The normalized spacial score (nSPS) is 21.0. The molecule has 55 heavy (non-hydrogen) atoms. The Balaban J connectivity index is 1.40. The Morgan fingerprint density at radius 2 is 1.33 bits per heavy atom. The van der Waals surface area contributed by atoms with Gasteiger partial charge in [-0.1, -0.05) is 54.6 Å². The molecule has 15 nitrogen and oxygen atoms in total. The average molecular weight is 786 g/mol. The molecule has 1 fully saturated rings. The number of esters is 5. The zero-order valence-electron chi connectivity index (χ0n) is 31.8. The maximum Gasteiger partial charge on any atom is 0.407 e. The van der Waals surface area contributed by atoms with E-state index in [4.69, 9.17) is 37.9 Å². The molecule has 1 aliphatic carbocycles. The monoisotopic (exact) mass is 785 g/mol. The molecule has 1 heterocycles. The van der Waals surface area contributed by atoms with Crippen LogP contribution in [-0.4, -0.2) is 104 Å². The van der Waals surface area contributed by atoms with Gasteiger partial charge in [0.15, 0.2) is 24.6 Å². The van der Waals surface area contributed by atoms with Crippen LogP contribution in [0.2, 0.25) is 0 Å². The number of hydrogen-bond donors (Lipinski definition) is 1. The van der Waals surface area contributed by atoms with Crippen molar-refractivity contribution in [1.82, 2.24) is 5.32 Å². The number of thioether (sulfide) groups is 1. The lowest BCUT2D eigenvalue weighted by atomic mass is 9.98. The highest BCUT2D eigenvalue weighted by Crippen LogP contribution is 2.44. The molecule has 2 aromatic rings. The Kier molecular flexibility index (Phi) is 15.3. The van der Waals surface area contributed by atoms with Gasteiger partial charge in [0, 0.05) is 39.4 Å². The molecule has 1 aliphatic heterocycles. The first-order chi connectivity index (χ1) is 26.0. The van der Waals surface area contributed by atoms with E-state index in [1.165, 1.54) is 18.7 Å². The van der Waals surface area contributed by atoms with Gasteiger partial charge in [-0.05, 0) is 48.4 Å². The van der Waals surface area contributed by atoms with Crippen molar-refractivity contribution in [2.24, 2.45) is 0 Å². The molecule has 16 heteroatoms. The van der Waals surface area contributed by atoms with Gasteiger partial charge in [-0.3, -0.25) is 19.2 Å². The first-order valence-electron chi connectivity index (χ1n) is 17.6. The van der Waals surface area contributed by atoms with E-state index >= 15 is 0 Å². The third-order valence-corrected chi connectivity index (χ3v) is 9.00. The van der Waals surface area contributed by atoms with Crippen LogP contribution < -0.4 is 5.32 Å². The molecule has 0 saturated carbocycles. The molecule has 1 amide bonds. The molecule has 1 saturated heterocycles. The van der Waals surface area contributed by atoms with E-state index in [9.17, 15) is 28.8 Å². The average Bonchev–Trinajstić information content (AvgIpc) is 3.41. The number of benzene rings is 2. The predicted octanol–water partition coefficient (Wildman–Crippen LogP) is 4.58. The molecule has 0 bridgehead atoms. The van der Waals surface area contributed by atoms with Gasteiger partial charge in [-0.25, -0.2) is 9.59 Å². The molecule has 2 aliphatic rings. The van der Waals surface area contributed by atoms with Crippen molar-refractivity contribution in [2.45, 2.75) is 96.7 Å². The summed E-state index contributed by atoms with van der Waals surface area (Å²) in [7, 11) is 0. The van der Waals surface area contributed by atoms with Crippen molar-refractivity contribution < 1.29 is 66.7 Å².